The molecule has 2 aromatic rings. The summed E-state index contributed by atoms with van der Waals surface area (Å²) in [4.78, 5) is 13.3. The number of aryl methyl sites for hydroxylation is 1. The molecule has 0 saturated heterocycles. The molecule has 7 heteroatoms. The maximum Gasteiger partial charge on any atom is 0.432 e. The van der Waals surface area contributed by atoms with Crippen LogP contribution in [0.5, 0.6) is 0 Å². The van der Waals surface area contributed by atoms with Crippen molar-refractivity contribution in [3.05, 3.63) is 95.0 Å². The first-order valence-corrected chi connectivity index (χ1v) is 12.4. The predicted octanol–water partition coefficient (Wildman–Crippen LogP) is 8.26. The summed E-state index contributed by atoms with van der Waals surface area (Å²) in [5.41, 5.74) is 0.411. The van der Waals surface area contributed by atoms with Crippen LogP contribution >= 0.6 is 0 Å². The van der Waals surface area contributed by atoms with E-state index in [1.165, 1.54) is 29.8 Å². The van der Waals surface area contributed by atoms with E-state index in [0.717, 1.165) is 31.1 Å². The molecular formula is C30H37F3O4. The van der Waals surface area contributed by atoms with Crippen molar-refractivity contribution in [1.29, 1.82) is 0 Å². The number of carbonyl (C=O) groups excluding carboxylic acids is 1. The Bertz CT molecular complexity index is 1060. The molecule has 2 atom stereocenters. The lowest BCUT2D eigenvalue weighted by Gasteiger charge is -2.34. The lowest BCUT2D eigenvalue weighted by molar-refractivity contribution is -0.277. The first-order valence-electron chi connectivity index (χ1n) is 12.4. The lowest BCUT2D eigenvalue weighted by Crippen LogP contribution is -2.52. The molecule has 0 aliphatic heterocycles. The zero-order valence-electron chi connectivity index (χ0n) is 22.2. The zero-order valence-corrected chi connectivity index (χ0v) is 22.2. The second-order valence-electron chi connectivity index (χ2n) is 9.37. The van der Waals surface area contributed by atoms with Gasteiger partial charge >= 0.3 is 12.1 Å². The van der Waals surface area contributed by atoms with Gasteiger partial charge in [0.05, 0.1) is 12.5 Å². The Morgan fingerprint density at radius 3 is 2.27 bits per heavy atom. The van der Waals surface area contributed by atoms with Crippen molar-refractivity contribution in [2.75, 3.05) is 7.11 Å². The van der Waals surface area contributed by atoms with E-state index < -0.39 is 23.9 Å². The maximum absolute atomic E-state index is 14.4. The Balaban J connectivity index is 2.32. The highest BCUT2D eigenvalue weighted by atomic mass is 19.4. The van der Waals surface area contributed by atoms with Gasteiger partial charge < -0.3 is 13.9 Å². The average molecular weight is 519 g/mol. The third kappa shape index (κ3) is 8.49. The van der Waals surface area contributed by atoms with Crippen LogP contribution in [0.4, 0.5) is 13.2 Å². The number of hydrogen-bond donors (Lipinski definition) is 0. The van der Waals surface area contributed by atoms with Crippen LogP contribution in [0.3, 0.4) is 0 Å². The topological polar surface area (TPSA) is 48.7 Å². The van der Waals surface area contributed by atoms with Crippen molar-refractivity contribution in [2.24, 2.45) is 0 Å². The monoisotopic (exact) mass is 518 g/mol. The fraction of sp³-hybridized carbons (Fsp3) is 0.433. The summed E-state index contributed by atoms with van der Waals surface area (Å²) in [5.74, 6) is -1.49. The standard InChI is InChI=1S/C30H37F3O4/c1-22(2)11-9-12-23(3)17-18-27(24(4)13-10-14-25-19-20-36-21-25)37-28(34)29(35-5,30(31,32)33)26-15-7-6-8-16-26/h6-8,11,13,15-17,19-21,27H,9-10,12,14,18H2,1-5H3/b23-17+,24-13+/t27-,29+/m1/s1. The van der Waals surface area contributed by atoms with Gasteiger partial charge in [0.25, 0.3) is 5.60 Å². The van der Waals surface area contributed by atoms with E-state index in [1.807, 2.05) is 39.0 Å². The number of rotatable bonds is 13. The summed E-state index contributed by atoms with van der Waals surface area (Å²) in [6.45, 7) is 7.79. The van der Waals surface area contributed by atoms with Crippen molar-refractivity contribution < 1.29 is 31.9 Å². The summed E-state index contributed by atoms with van der Waals surface area (Å²) in [5, 5.41) is 0. The van der Waals surface area contributed by atoms with Crippen LogP contribution in [0, 0.1) is 0 Å². The highest BCUT2D eigenvalue weighted by Crippen LogP contribution is 2.43. The average Bonchev–Trinajstić information content (AvgIpc) is 3.35. The van der Waals surface area contributed by atoms with Crippen molar-refractivity contribution in [3.63, 3.8) is 0 Å². The van der Waals surface area contributed by atoms with E-state index in [1.54, 1.807) is 25.5 Å². The molecular weight excluding hydrogens is 481 g/mol. The minimum atomic E-state index is -5.03. The van der Waals surface area contributed by atoms with Crippen LogP contribution in [0.2, 0.25) is 0 Å². The van der Waals surface area contributed by atoms with Gasteiger partial charge in [0, 0.05) is 19.1 Å². The van der Waals surface area contributed by atoms with E-state index in [4.69, 9.17) is 13.9 Å². The van der Waals surface area contributed by atoms with Gasteiger partial charge in [-0.25, -0.2) is 4.79 Å². The number of alkyl halides is 3. The molecule has 0 spiro atoms. The number of furan rings is 1. The minimum Gasteiger partial charge on any atom is -0.472 e. The Hall–Kier alpha value is -3.06. The summed E-state index contributed by atoms with van der Waals surface area (Å²) < 4.78 is 58.7. The van der Waals surface area contributed by atoms with Crippen LogP contribution < -0.4 is 0 Å². The third-order valence-electron chi connectivity index (χ3n) is 6.18. The molecule has 0 radical (unpaired) electrons. The lowest BCUT2D eigenvalue weighted by atomic mass is 9.92. The number of benzene rings is 1. The van der Waals surface area contributed by atoms with Crippen molar-refractivity contribution in [2.45, 2.75) is 77.7 Å². The molecule has 0 fully saturated rings. The van der Waals surface area contributed by atoms with Crippen LogP contribution in [-0.2, 0) is 26.3 Å². The van der Waals surface area contributed by atoms with Crippen LogP contribution in [-0.4, -0.2) is 25.4 Å². The minimum absolute atomic E-state index is 0.257. The van der Waals surface area contributed by atoms with Gasteiger partial charge in [0.15, 0.2) is 0 Å². The molecule has 4 nitrogen and oxygen atoms in total. The highest BCUT2D eigenvalue weighted by Gasteiger charge is 2.64. The number of hydrogen-bond acceptors (Lipinski definition) is 4. The molecule has 0 amide bonds. The summed E-state index contributed by atoms with van der Waals surface area (Å²) >= 11 is 0. The van der Waals surface area contributed by atoms with Gasteiger partial charge in [-0.3, -0.25) is 0 Å². The first kappa shape index (κ1) is 30.2. The van der Waals surface area contributed by atoms with E-state index in [-0.39, 0.29) is 12.0 Å². The first-order chi connectivity index (χ1) is 17.5. The zero-order chi connectivity index (χ0) is 27.5. The molecule has 37 heavy (non-hydrogen) atoms. The summed E-state index contributed by atoms with van der Waals surface area (Å²) in [7, 11) is 0.873. The van der Waals surface area contributed by atoms with E-state index in [2.05, 4.69) is 6.08 Å². The summed E-state index contributed by atoms with van der Waals surface area (Å²) in [6, 6.07) is 8.72. The molecule has 0 bridgehead atoms. The molecule has 0 unspecified atom stereocenters. The molecule has 0 aliphatic carbocycles. The fourth-order valence-corrected chi connectivity index (χ4v) is 3.96. The number of halogens is 3. The quantitative estimate of drug-likeness (QED) is 0.198. The number of ether oxygens (including phenoxy) is 2. The largest absolute Gasteiger partial charge is 0.472 e. The Morgan fingerprint density at radius 1 is 1.00 bits per heavy atom. The van der Waals surface area contributed by atoms with Gasteiger partial charge in [-0.2, -0.15) is 13.2 Å². The van der Waals surface area contributed by atoms with Crippen LogP contribution in [0.15, 0.2) is 88.3 Å². The molecule has 202 valence electrons. The van der Waals surface area contributed by atoms with Crippen molar-refractivity contribution >= 4 is 5.97 Å². The Labute approximate surface area is 217 Å². The van der Waals surface area contributed by atoms with Gasteiger partial charge in [-0.1, -0.05) is 59.7 Å². The van der Waals surface area contributed by atoms with Crippen molar-refractivity contribution in [1.82, 2.24) is 0 Å². The number of carbonyl (C=O) groups is 1. The molecule has 1 aromatic heterocycles. The molecule has 0 saturated carbocycles. The second-order valence-corrected chi connectivity index (χ2v) is 9.37. The van der Waals surface area contributed by atoms with Crippen LogP contribution in [0.1, 0.15) is 64.5 Å². The van der Waals surface area contributed by atoms with Gasteiger partial charge in [0.2, 0.25) is 0 Å². The molecule has 0 aliphatic rings. The van der Waals surface area contributed by atoms with Gasteiger partial charge in [0.1, 0.15) is 6.10 Å². The van der Waals surface area contributed by atoms with Gasteiger partial charge in [-0.05, 0) is 70.6 Å². The third-order valence-corrected chi connectivity index (χ3v) is 6.18. The molecule has 2 rings (SSSR count). The number of esters is 1. The van der Waals surface area contributed by atoms with Gasteiger partial charge in [-0.15, -0.1) is 0 Å². The fourth-order valence-electron chi connectivity index (χ4n) is 3.96. The number of allylic oxidation sites excluding steroid dienone is 4. The van der Waals surface area contributed by atoms with E-state index in [0.29, 0.717) is 18.4 Å². The SMILES string of the molecule is CO[C@](C(=O)O[C@H](C/C=C(\C)CCC=C(C)C)/C(C)=C/CCc1ccoc1)(c1ccccc1)C(F)(F)F. The Kier molecular flexibility index (Phi) is 11.4. The molecule has 1 aromatic carbocycles. The highest BCUT2D eigenvalue weighted by molar-refractivity contribution is 5.83. The smallest absolute Gasteiger partial charge is 0.432 e. The molecule has 0 N–H and O–H groups in total. The van der Waals surface area contributed by atoms with Crippen LogP contribution in [0.25, 0.3) is 0 Å². The van der Waals surface area contributed by atoms with Crippen molar-refractivity contribution in [3.8, 4) is 0 Å². The summed E-state index contributed by atoms with van der Waals surface area (Å²) in [6.07, 6.45) is 6.52. The normalized spacial score (nSPS) is 15.1. The molecule has 1 heterocycles. The Morgan fingerprint density at radius 2 is 1.70 bits per heavy atom. The number of methoxy groups -OCH3 is 1. The predicted molar refractivity (Wildman–Crippen MR) is 139 cm³/mol. The van der Waals surface area contributed by atoms with E-state index in [9.17, 15) is 18.0 Å². The van der Waals surface area contributed by atoms with E-state index >= 15 is 0 Å². The maximum atomic E-state index is 14.4. The second kappa shape index (κ2) is 14.0.